The van der Waals surface area contributed by atoms with Gasteiger partial charge in [-0.1, -0.05) is 50.6 Å². The molecule has 0 heterocycles. The van der Waals surface area contributed by atoms with Gasteiger partial charge >= 0.3 is 5.97 Å². The van der Waals surface area contributed by atoms with E-state index in [9.17, 15) is 22.4 Å². The molecule has 0 amide bonds. The van der Waals surface area contributed by atoms with Crippen molar-refractivity contribution in [1.82, 2.24) is 0 Å². The standard InChI is InChI=1S/C31H32F4O2/c1-3-7-25-26(32)17-24(18-27(25)33)37-31(36)30-28(34)15-23(16-29(30)35)22-12-10-20(11-13-22)14-19(2)21-8-5-4-6-9-21/h4-6,8-9,15-20,22H,3,7,10-14H2,1-2H3/t19-,20?,22?/m1/s1. The largest absolute Gasteiger partial charge is 0.423 e. The third-order valence-electron chi connectivity index (χ3n) is 7.47. The summed E-state index contributed by atoms with van der Waals surface area (Å²) in [5.41, 5.74) is 0.849. The Morgan fingerprint density at radius 2 is 1.49 bits per heavy atom. The molecule has 1 saturated carbocycles. The average molecular weight is 513 g/mol. The van der Waals surface area contributed by atoms with E-state index in [0.29, 0.717) is 23.8 Å². The molecule has 0 bridgehead atoms. The number of halogens is 4. The van der Waals surface area contributed by atoms with Gasteiger partial charge in [0.25, 0.3) is 0 Å². The highest BCUT2D eigenvalue weighted by atomic mass is 19.1. The van der Waals surface area contributed by atoms with Crippen molar-refractivity contribution < 1.29 is 27.1 Å². The van der Waals surface area contributed by atoms with Crippen molar-refractivity contribution in [3.63, 3.8) is 0 Å². The first-order valence-electron chi connectivity index (χ1n) is 13.0. The Labute approximate surface area is 215 Å². The molecule has 3 aromatic carbocycles. The van der Waals surface area contributed by atoms with E-state index in [-0.39, 0.29) is 17.9 Å². The molecule has 0 unspecified atom stereocenters. The van der Waals surface area contributed by atoms with Gasteiger partial charge in [0.05, 0.1) is 0 Å². The predicted octanol–water partition coefficient (Wildman–Crippen LogP) is 8.88. The summed E-state index contributed by atoms with van der Waals surface area (Å²) in [6.45, 7) is 4.01. The van der Waals surface area contributed by atoms with Crippen molar-refractivity contribution in [3.05, 3.63) is 100 Å². The summed E-state index contributed by atoms with van der Waals surface area (Å²) >= 11 is 0. The second-order valence-electron chi connectivity index (χ2n) is 10.1. The van der Waals surface area contributed by atoms with Crippen molar-refractivity contribution >= 4 is 5.97 Å². The third kappa shape index (κ3) is 6.41. The third-order valence-corrected chi connectivity index (χ3v) is 7.47. The van der Waals surface area contributed by atoms with Crippen LogP contribution in [0, 0.1) is 29.2 Å². The highest BCUT2D eigenvalue weighted by Gasteiger charge is 2.28. The molecule has 0 N–H and O–H groups in total. The predicted molar refractivity (Wildman–Crippen MR) is 136 cm³/mol. The molecule has 196 valence electrons. The van der Waals surface area contributed by atoms with Crippen molar-refractivity contribution in [1.29, 1.82) is 0 Å². The molecule has 0 spiro atoms. The first-order chi connectivity index (χ1) is 17.8. The van der Waals surface area contributed by atoms with Gasteiger partial charge in [-0.25, -0.2) is 22.4 Å². The van der Waals surface area contributed by atoms with E-state index in [2.05, 4.69) is 19.1 Å². The molecule has 0 radical (unpaired) electrons. The second-order valence-corrected chi connectivity index (χ2v) is 10.1. The normalized spacial score (nSPS) is 18.4. The quantitative estimate of drug-likeness (QED) is 0.171. The van der Waals surface area contributed by atoms with Crippen LogP contribution in [0.15, 0.2) is 54.6 Å². The van der Waals surface area contributed by atoms with E-state index in [4.69, 9.17) is 4.74 Å². The van der Waals surface area contributed by atoms with E-state index in [1.807, 2.05) is 18.2 Å². The number of esters is 1. The van der Waals surface area contributed by atoms with Crippen LogP contribution in [0.3, 0.4) is 0 Å². The van der Waals surface area contributed by atoms with E-state index in [1.54, 1.807) is 6.92 Å². The summed E-state index contributed by atoms with van der Waals surface area (Å²) in [7, 11) is 0. The summed E-state index contributed by atoms with van der Waals surface area (Å²) < 4.78 is 63.1. The fourth-order valence-electron chi connectivity index (χ4n) is 5.46. The number of hydrogen-bond acceptors (Lipinski definition) is 2. The zero-order valence-electron chi connectivity index (χ0n) is 21.2. The molecule has 1 aliphatic carbocycles. The Balaban J connectivity index is 1.40. The van der Waals surface area contributed by atoms with Crippen LogP contribution in [-0.4, -0.2) is 5.97 Å². The lowest BCUT2D eigenvalue weighted by Crippen LogP contribution is -2.17. The van der Waals surface area contributed by atoms with Gasteiger partial charge in [0.15, 0.2) is 0 Å². The number of hydrogen-bond donors (Lipinski definition) is 0. The number of carbonyl (C=O) groups is 1. The minimum absolute atomic E-state index is 0.00616. The topological polar surface area (TPSA) is 26.3 Å². The van der Waals surface area contributed by atoms with E-state index in [0.717, 1.165) is 44.2 Å². The smallest absolute Gasteiger partial charge is 0.349 e. The van der Waals surface area contributed by atoms with Crippen LogP contribution >= 0.6 is 0 Å². The van der Waals surface area contributed by atoms with Crippen molar-refractivity contribution in [2.75, 3.05) is 0 Å². The Bertz CT molecular complexity index is 1190. The van der Waals surface area contributed by atoms with Crippen LogP contribution < -0.4 is 4.74 Å². The molecule has 3 aromatic rings. The van der Waals surface area contributed by atoms with Gasteiger partial charge in [0.2, 0.25) is 0 Å². The monoisotopic (exact) mass is 512 g/mol. The minimum atomic E-state index is -1.33. The molecule has 1 aliphatic rings. The lowest BCUT2D eigenvalue weighted by Gasteiger charge is -2.30. The van der Waals surface area contributed by atoms with Gasteiger partial charge in [-0.2, -0.15) is 0 Å². The van der Waals surface area contributed by atoms with Crippen LogP contribution in [0.5, 0.6) is 5.75 Å². The Morgan fingerprint density at radius 3 is 2.05 bits per heavy atom. The summed E-state index contributed by atoms with van der Waals surface area (Å²) in [4.78, 5) is 12.5. The van der Waals surface area contributed by atoms with Gasteiger partial charge < -0.3 is 4.74 Å². The second kappa shape index (κ2) is 11.9. The summed E-state index contributed by atoms with van der Waals surface area (Å²) in [5, 5.41) is 0. The fourth-order valence-corrected chi connectivity index (χ4v) is 5.46. The zero-order chi connectivity index (χ0) is 26.5. The van der Waals surface area contributed by atoms with Gasteiger partial charge in [-0.15, -0.1) is 0 Å². The lowest BCUT2D eigenvalue weighted by molar-refractivity contribution is 0.0723. The number of ether oxygens (including phenoxy) is 1. The SMILES string of the molecule is CCCc1c(F)cc(OC(=O)c2c(F)cc(C3CCC(C[C@@H](C)c4ccccc4)CC3)cc2F)cc1F. The van der Waals surface area contributed by atoms with E-state index in [1.165, 1.54) is 17.7 Å². The maximum absolute atomic E-state index is 14.9. The van der Waals surface area contributed by atoms with Gasteiger partial charge in [0.1, 0.15) is 34.6 Å². The average Bonchev–Trinajstić information content (AvgIpc) is 2.86. The first kappa shape index (κ1) is 26.9. The first-order valence-corrected chi connectivity index (χ1v) is 13.0. The van der Waals surface area contributed by atoms with Crippen LogP contribution in [0.2, 0.25) is 0 Å². The van der Waals surface area contributed by atoms with Crippen molar-refractivity contribution in [2.45, 2.75) is 70.6 Å². The van der Waals surface area contributed by atoms with Crippen LogP contribution in [0.25, 0.3) is 0 Å². The van der Waals surface area contributed by atoms with Gasteiger partial charge in [0, 0.05) is 17.7 Å². The zero-order valence-corrected chi connectivity index (χ0v) is 21.2. The van der Waals surface area contributed by atoms with Crippen LogP contribution in [0.4, 0.5) is 17.6 Å². The summed E-state index contributed by atoms with van der Waals surface area (Å²) in [6, 6.07) is 14.5. The fraction of sp³-hybridized carbons (Fsp3) is 0.387. The maximum atomic E-state index is 14.9. The van der Waals surface area contributed by atoms with Gasteiger partial charge in [-0.3, -0.25) is 0 Å². The van der Waals surface area contributed by atoms with E-state index >= 15 is 0 Å². The van der Waals surface area contributed by atoms with Crippen LogP contribution in [-0.2, 0) is 6.42 Å². The Morgan fingerprint density at radius 1 is 0.892 bits per heavy atom. The molecule has 2 nitrogen and oxygen atoms in total. The number of rotatable bonds is 8. The minimum Gasteiger partial charge on any atom is -0.423 e. The lowest BCUT2D eigenvalue weighted by atomic mass is 9.75. The van der Waals surface area contributed by atoms with Crippen molar-refractivity contribution in [2.24, 2.45) is 5.92 Å². The molecule has 1 fully saturated rings. The van der Waals surface area contributed by atoms with Gasteiger partial charge in [-0.05, 0) is 79.5 Å². The molecule has 1 atom stereocenters. The molecule has 37 heavy (non-hydrogen) atoms. The molecule has 0 saturated heterocycles. The van der Waals surface area contributed by atoms with Crippen LogP contribution in [0.1, 0.15) is 91.3 Å². The van der Waals surface area contributed by atoms with E-state index < -0.39 is 40.6 Å². The molecule has 4 rings (SSSR count). The number of carbonyl (C=O) groups excluding carboxylic acids is 1. The Kier molecular flexibility index (Phi) is 8.67. The summed E-state index contributed by atoms with van der Waals surface area (Å²) in [5.74, 6) is -4.57. The highest BCUT2D eigenvalue weighted by Crippen LogP contribution is 2.40. The molecular formula is C31H32F4O2. The van der Waals surface area contributed by atoms with Crippen molar-refractivity contribution in [3.8, 4) is 5.75 Å². The Hall–Kier alpha value is -3.15. The molecule has 6 heteroatoms. The summed E-state index contributed by atoms with van der Waals surface area (Å²) in [6.07, 6.45) is 5.37. The molecule has 0 aromatic heterocycles. The molecule has 0 aliphatic heterocycles. The molecular weight excluding hydrogens is 480 g/mol. The number of benzene rings is 3. The maximum Gasteiger partial charge on any atom is 0.349 e. The highest BCUT2D eigenvalue weighted by molar-refractivity contribution is 5.91.